The van der Waals surface area contributed by atoms with Crippen molar-refractivity contribution in [2.75, 3.05) is 7.05 Å². The number of nitrogens with zero attached hydrogens (tertiary/aromatic N) is 3. The van der Waals surface area contributed by atoms with Crippen LogP contribution >= 0.6 is 0 Å². The van der Waals surface area contributed by atoms with Gasteiger partial charge < -0.3 is 9.47 Å². The lowest BCUT2D eigenvalue weighted by Gasteiger charge is -2.20. The fraction of sp³-hybridized carbons (Fsp3) is 0.130. The summed E-state index contributed by atoms with van der Waals surface area (Å²) in [7, 11) is 1.62. The van der Waals surface area contributed by atoms with Gasteiger partial charge in [0.2, 0.25) is 5.91 Å². The van der Waals surface area contributed by atoms with E-state index in [1.165, 1.54) is 11.0 Å². The molecule has 0 aliphatic carbocycles. The number of likely N-dealkylation sites (N-methyl/N-ethyl adjacent to an activating group) is 1. The van der Waals surface area contributed by atoms with Crippen LogP contribution in [-0.2, 0) is 17.9 Å². The minimum atomic E-state index is -0.448. The molecule has 0 aliphatic rings. The van der Waals surface area contributed by atoms with Crippen LogP contribution in [-0.4, -0.2) is 27.3 Å². The van der Waals surface area contributed by atoms with Crippen LogP contribution in [0.1, 0.15) is 5.56 Å². The second kappa shape index (κ2) is 7.79. The Kier molecular flexibility index (Phi) is 5.02. The second-order valence-electron chi connectivity index (χ2n) is 7.09. The fourth-order valence-corrected chi connectivity index (χ4v) is 3.67. The number of nitro benzene ring substituents is 1. The first kappa shape index (κ1) is 19.3. The molecule has 30 heavy (non-hydrogen) atoms. The largest absolute Gasteiger partial charge is 0.340 e. The highest BCUT2D eigenvalue weighted by atomic mass is 16.6. The molecule has 0 radical (unpaired) electrons. The molecule has 0 spiro atoms. The monoisotopic (exact) mass is 401 g/mol. The van der Waals surface area contributed by atoms with Gasteiger partial charge >= 0.3 is 0 Å². The van der Waals surface area contributed by atoms with Gasteiger partial charge in [0, 0.05) is 29.4 Å². The highest BCUT2D eigenvalue weighted by Crippen LogP contribution is 2.21. The van der Waals surface area contributed by atoms with E-state index < -0.39 is 4.92 Å². The van der Waals surface area contributed by atoms with Gasteiger partial charge in [-0.3, -0.25) is 19.7 Å². The molecule has 0 atom stereocenters. The van der Waals surface area contributed by atoms with E-state index in [4.69, 9.17) is 0 Å². The smallest absolute Gasteiger partial charge is 0.274 e. The summed E-state index contributed by atoms with van der Waals surface area (Å²) in [6.45, 7) is 0.129. The lowest BCUT2D eigenvalue weighted by molar-refractivity contribution is -0.385. The molecule has 0 saturated carbocycles. The number of para-hydroxylation sites is 3. The Morgan fingerprint density at radius 2 is 1.47 bits per heavy atom. The van der Waals surface area contributed by atoms with Crippen LogP contribution in [0.3, 0.4) is 0 Å². The number of fused-ring (bicyclic) bond motifs is 2. The average molecular weight is 401 g/mol. The van der Waals surface area contributed by atoms with Crippen LogP contribution in [0.15, 0.2) is 77.6 Å². The van der Waals surface area contributed by atoms with Crippen LogP contribution in [0.5, 0.6) is 0 Å². The molecule has 7 nitrogen and oxygen atoms in total. The first-order valence-electron chi connectivity index (χ1n) is 9.44. The number of benzene rings is 3. The van der Waals surface area contributed by atoms with Crippen LogP contribution in [0.25, 0.3) is 21.8 Å². The summed E-state index contributed by atoms with van der Waals surface area (Å²) < 4.78 is 1.82. The molecule has 7 heteroatoms. The standard InChI is InChI=1S/C23H19N3O4/c1-24(14-16-8-2-5-11-19(16)26(29)30)22(27)15-25-20-12-6-3-9-17(20)23(28)18-10-4-7-13-21(18)25/h2-13H,14-15H2,1H3. The number of aromatic nitrogens is 1. The van der Waals surface area contributed by atoms with Gasteiger partial charge in [-0.1, -0.05) is 42.5 Å². The van der Waals surface area contributed by atoms with E-state index in [1.54, 1.807) is 49.5 Å². The highest BCUT2D eigenvalue weighted by Gasteiger charge is 2.19. The Morgan fingerprint density at radius 1 is 0.933 bits per heavy atom. The van der Waals surface area contributed by atoms with Gasteiger partial charge in [-0.15, -0.1) is 0 Å². The number of pyridine rings is 1. The van der Waals surface area contributed by atoms with Crippen molar-refractivity contribution < 1.29 is 9.72 Å². The molecule has 0 fully saturated rings. The minimum Gasteiger partial charge on any atom is -0.340 e. The van der Waals surface area contributed by atoms with Gasteiger partial charge in [0.1, 0.15) is 6.54 Å². The molecule has 1 aromatic heterocycles. The molecular formula is C23H19N3O4. The second-order valence-corrected chi connectivity index (χ2v) is 7.09. The van der Waals surface area contributed by atoms with Gasteiger partial charge in [0.25, 0.3) is 5.69 Å². The predicted octanol–water partition coefficient (Wildman–Crippen LogP) is 3.72. The fourth-order valence-electron chi connectivity index (χ4n) is 3.67. The molecule has 0 saturated heterocycles. The first-order valence-corrected chi connectivity index (χ1v) is 9.44. The van der Waals surface area contributed by atoms with Crippen LogP contribution in [0, 0.1) is 10.1 Å². The van der Waals surface area contributed by atoms with Crippen molar-refractivity contribution >= 4 is 33.4 Å². The van der Waals surface area contributed by atoms with Crippen molar-refractivity contribution in [3.8, 4) is 0 Å². The number of carbonyl (C=O) groups is 1. The molecule has 1 amide bonds. The number of rotatable bonds is 5. The Hall–Kier alpha value is -4.00. The minimum absolute atomic E-state index is 0.0123. The normalized spacial score (nSPS) is 11.0. The number of nitro groups is 1. The molecule has 4 rings (SSSR count). The van der Waals surface area contributed by atoms with E-state index in [2.05, 4.69) is 0 Å². The summed E-state index contributed by atoms with van der Waals surface area (Å²) in [6, 6.07) is 20.8. The third kappa shape index (κ3) is 3.41. The zero-order chi connectivity index (χ0) is 21.3. The summed E-state index contributed by atoms with van der Waals surface area (Å²) in [4.78, 5) is 38.1. The van der Waals surface area contributed by atoms with Gasteiger partial charge in [-0.25, -0.2) is 0 Å². The summed E-state index contributed by atoms with van der Waals surface area (Å²) in [6.07, 6.45) is 0. The number of amides is 1. The van der Waals surface area contributed by atoms with Crippen molar-refractivity contribution in [1.82, 2.24) is 9.47 Å². The number of hydrogen-bond acceptors (Lipinski definition) is 4. The lowest BCUT2D eigenvalue weighted by Crippen LogP contribution is -2.30. The Balaban J connectivity index is 1.72. The maximum atomic E-state index is 13.0. The molecule has 3 aromatic carbocycles. The molecule has 0 bridgehead atoms. The van der Waals surface area contributed by atoms with Gasteiger partial charge in [-0.05, 0) is 24.3 Å². The van der Waals surface area contributed by atoms with E-state index in [1.807, 2.05) is 28.8 Å². The molecule has 0 aliphatic heterocycles. The lowest BCUT2D eigenvalue weighted by atomic mass is 10.1. The summed E-state index contributed by atoms with van der Waals surface area (Å²) >= 11 is 0. The maximum absolute atomic E-state index is 13.0. The first-order chi connectivity index (χ1) is 14.5. The van der Waals surface area contributed by atoms with Gasteiger partial charge in [0.05, 0.1) is 22.5 Å². The Morgan fingerprint density at radius 3 is 2.07 bits per heavy atom. The van der Waals surface area contributed by atoms with Crippen molar-refractivity contribution in [1.29, 1.82) is 0 Å². The summed E-state index contributed by atoms with van der Waals surface area (Å²) in [5, 5.41) is 12.4. The zero-order valence-corrected chi connectivity index (χ0v) is 16.3. The van der Waals surface area contributed by atoms with E-state index >= 15 is 0 Å². The predicted molar refractivity (Wildman–Crippen MR) is 115 cm³/mol. The number of hydrogen-bond donors (Lipinski definition) is 0. The van der Waals surface area contributed by atoms with E-state index in [-0.39, 0.29) is 30.1 Å². The van der Waals surface area contributed by atoms with Gasteiger partial charge in [-0.2, -0.15) is 0 Å². The molecule has 1 heterocycles. The zero-order valence-electron chi connectivity index (χ0n) is 16.3. The SMILES string of the molecule is CN(Cc1ccccc1[N+](=O)[O-])C(=O)Cn1c2ccccc2c(=O)c2ccccc21. The van der Waals surface area contributed by atoms with Crippen molar-refractivity contribution in [2.45, 2.75) is 13.1 Å². The molecule has 0 N–H and O–H groups in total. The maximum Gasteiger partial charge on any atom is 0.274 e. The third-order valence-corrected chi connectivity index (χ3v) is 5.19. The van der Waals surface area contributed by atoms with Crippen molar-refractivity contribution in [2.24, 2.45) is 0 Å². The van der Waals surface area contributed by atoms with Gasteiger partial charge in [0.15, 0.2) is 5.43 Å². The van der Waals surface area contributed by atoms with Crippen molar-refractivity contribution in [3.63, 3.8) is 0 Å². The molecule has 4 aromatic rings. The van der Waals surface area contributed by atoms with Crippen LogP contribution in [0.4, 0.5) is 5.69 Å². The summed E-state index contributed by atoms with van der Waals surface area (Å²) in [5.41, 5.74) is 1.73. The van der Waals surface area contributed by atoms with Crippen LogP contribution < -0.4 is 5.43 Å². The quantitative estimate of drug-likeness (QED) is 0.290. The van der Waals surface area contributed by atoms with E-state index in [0.29, 0.717) is 27.4 Å². The van der Waals surface area contributed by atoms with E-state index in [9.17, 15) is 19.7 Å². The summed E-state index contributed by atoms with van der Waals surface area (Å²) in [5.74, 6) is -0.216. The molecule has 0 unspecified atom stereocenters. The van der Waals surface area contributed by atoms with E-state index in [0.717, 1.165) is 0 Å². The number of carbonyl (C=O) groups excluding carboxylic acids is 1. The topological polar surface area (TPSA) is 85.4 Å². The Bertz CT molecular complexity index is 1280. The van der Waals surface area contributed by atoms with Crippen molar-refractivity contribution in [3.05, 3.63) is 98.7 Å². The molecule has 150 valence electrons. The molecular weight excluding hydrogens is 382 g/mol. The average Bonchev–Trinajstić information content (AvgIpc) is 2.76. The highest BCUT2D eigenvalue weighted by molar-refractivity contribution is 5.94. The third-order valence-electron chi connectivity index (χ3n) is 5.19. The Labute approximate surface area is 171 Å². The van der Waals surface area contributed by atoms with Crippen LogP contribution in [0.2, 0.25) is 0 Å².